The molecule has 0 aliphatic rings. The van der Waals surface area contributed by atoms with Crippen molar-refractivity contribution in [3.05, 3.63) is 41.2 Å². The Balaban J connectivity index is 2.37. The summed E-state index contributed by atoms with van der Waals surface area (Å²) in [7, 11) is 0. The van der Waals surface area contributed by atoms with E-state index in [0.29, 0.717) is 28.5 Å². The van der Waals surface area contributed by atoms with Gasteiger partial charge in [0.1, 0.15) is 30.1 Å². The molecule has 0 aliphatic heterocycles. The van der Waals surface area contributed by atoms with E-state index in [0.717, 1.165) is 5.56 Å². The van der Waals surface area contributed by atoms with Crippen LogP contribution in [0.2, 0.25) is 0 Å². The summed E-state index contributed by atoms with van der Waals surface area (Å²) in [4.78, 5) is 8.09. The summed E-state index contributed by atoms with van der Waals surface area (Å²) in [6.45, 7) is 1.81. The third-order valence-corrected chi connectivity index (χ3v) is 2.74. The third-order valence-electron chi connectivity index (χ3n) is 2.74. The molecule has 0 atom stereocenters. The molecular weight excluding hydrogens is 254 g/mol. The molecule has 1 aromatic heterocycles. The number of nitriles is 2. The molecule has 0 amide bonds. The highest BCUT2D eigenvalue weighted by Crippen LogP contribution is 2.23. The number of nitrogen functional groups attached to an aromatic ring is 1. The van der Waals surface area contributed by atoms with Gasteiger partial charge in [-0.3, -0.25) is 0 Å². The Kier molecular flexibility index (Phi) is 3.75. The van der Waals surface area contributed by atoms with Crippen molar-refractivity contribution in [1.82, 2.24) is 9.97 Å². The first-order valence-electron chi connectivity index (χ1n) is 5.69. The number of hydrogen-bond donors (Lipinski definition) is 3. The summed E-state index contributed by atoms with van der Waals surface area (Å²) < 4.78 is 0. The van der Waals surface area contributed by atoms with Crippen LogP contribution < -0.4 is 16.6 Å². The SMILES string of the molecule is Cc1c(NN)ncnc1Nc1ccc(C#N)c(C#N)c1. The molecule has 0 radical (unpaired) electrons. The summed E-state index contributed by atoms with van der Waals surface area (Å²) in [5, 5.41) is 20.9. The lowest BCUT2D eigenvalue weighted by Gasteiger charge is -2.11. The van der Waals surface area contributed by atoms with Crippen LogP contribution in [-0.2, 0) is 0 Å². The Hall–Kier alpha value is -3.16. The van der Waals surface area contributed by atoms with Crippen molar-refractivity contribution in [3.8, 4) is 12.1 Å². The zero-order valence-corrected chi connectivity index (χ0v) is 10.7. The van der Waals surface area contributed by atoms with Crippen LogP contribution in [0, 0.1) is 29.6 Å². The van der Waals surface area contributed by atoms with E-state index in [1.54, 1.807) is 18.2 Å². The number of nitrogens with zero attached hydrogens (tertiary/aromatic N) is 4. The summed E-state index contributed by atoms with van der Waals surface area (Å²) in [5.74, 6) is 6.43. The van der Waals surface area contributed by atoms with E-state index in [-0.39, 0.29) is 0 Å². The zero-order valence-electron chi connectivity index (χ0n) is 10.7. The summed E-state index contributed by atoms with van der Waals surface area (Å²) in [6, 6.07) is 8.83. The fourth-order valence-corrected chi connectivity index (χ4v) is 1.67. The van der Waals surface area contributed by atoms with Crippen LogP contribution in [0.15, 0.2) is 24.5 Å². The lowest BCUT2D eigenvalue weighted by atomic mass is 10.1. The average molecular weight is 265 g/mol. The molecule has 7 nitrogen and oxygen atoms in total. The first-order valence-corrected chi connectivity index (χ1v) is 5.69. The Bertz CT molecular complexity index is 724. The van der Waals surface area contributed by atoms with E-state index in [9.17, 15) is 0 Å². The summed E-state index contributed by atoms with van der Waals surface area (Å²) >= 11 is 0. The van der Waals surface area contributed by atoms with Crippen LogP contribution in [0.25, 0.3) is 0 Å². The van der Waals surface area contributed by atoms with Gasteiger partial charge in [-0.1, -0.05) is 0 Å². The predicted molar refractivity (Wildman–Crippen MR) is 73.7 cm³/mol. The van der Waals surface area contributed by atoms with Gasteiger partial charge in [0, 0.05) is 11.3 Å². The van der Waals surface area contributed by atoms with Gasteiger partial charge in [-0.25, -0.2) is 15.8 Å². The molecule has 1 heterocycles. The second-order valence-electron chi connectivity index (χ2n) is 3.95. The topological polar surface area (TPSA) is 123 Å². The second kappa shape index (κ2) is 5.65. The molecule has 0 unspecified atom stereocenters. The van der Waals surface area contributed by atoms with Crippen molar-refractivity contribution in [2.24, 2.45) is 5.84 Å². The highest BCUT2D eigenvalue weighted by Gasteiger charge is 2.08. The normalized spacial score (nSPS) is 9.40. The number of aromatic nitrogens is 2. The molecule has 1 aromatic carbocycles. The molecule has 7 heteroatoms. The lowest BCUT2D eigenvalue weighted by molar-refractivity contribution is 1.11. The minimum absolute atomic E-state index is 0.307. The van der Waals surface area contributed by atoms with Gasteiger partial charge >= 0.3 is 0 Å². The van der Waals surface area contributed by atoms with Crippen molar-refractivity contribution >= 4 is 17.3 Å². The molecule has 4 N–H and O–H groups in total. The van der Waals surface area contributed by atoms with Gasteiger partial charge in [0.05, 0.1) is 11.1 Å². The van der Waals surface area contributed by atoms with Crippen LogP contribution in [-0.4, -0.2) is 9.97 Å². The van der Waals surface area contributed by atoms with E-state index < -0.39 is 0 Å². The molecule has 0 aliphatic carbocycles. The number of nitrogens with two attached hydrogens (primary N) is 1. The lowest BCUT2D eigenvalue weighted by Crippen LogP contribution is -2.11. The van der Waals surface area contributed by atoms with E-state index in [2.05, 4.69) is 20.7 Å². The Labute approximate surface area is 115 Å². The molecular formula is C13H11N7. The predicted octanol–water partition coefficient (Wildman–Crippen LogP) is 1.56. The average Bonchev–Trinajstić information content (AvgIpc) is 2.49. The molecule has 0 saturated carbocycles. The van der Waals surface area contributed by atoms with Gasteiger partial charge in [0.25, 0.3) is 0 Å². The summed E-state index contributed by atoms with van der Waals surface area (Å²) in [6.07, 6.45) is 1.37. The van der Waals surface area contributed by atoms with E-state index in [1.807, 2.05) is 19.1 Å². The maximum atomic E-state index is 9.00. The number of benzene rings is 1. The first kappa shape index (κ1) is 13.3. The third kappa shape index (κ3) is 2.48. The van der Waals surface area contributed by atoms with Crippen molar-refractivity contribution < 1.29 is 0 Å². The number of nitrogens with one attached hydrogen (secondary N) is 2. The van der Waals surface area contributed by atoms with Crippen molar-refractivity contribution in [2.45, 2.75) is 6.92 Å². The van der Waals surface area contributed by atoms with Gasteiger partial charge in [0.15, 0.2) is 0 Å². The van der Waals surface area contributed by atoms with Crippen LogP contribution >= 0.6 is 0 Å². The first-order chi connectivity index (χ1) is 9.69. The van der Waals surface area contributed by atoms with E-state index >= 15 is 0 Å². The van der Waals surface area contributed by atoms with Gasteiger partial charge in [0.2, 0.25) is 0 Å². The Morgan fingerprint density at radius 2 is 1.80 bits per heavy atom. The quantitative estimate of drug-likeness (QED) is 0.568. The van der Waals surface area contributed by atoms with Crippen molar-refractivity contribution in [3.63, 3.8) is 0 Å². The van der Waals surface area contributed by atoms with Crippen LogP contribution in [0.1, 0.15) is 16.7 Å². The van der Waals surface area contributed by atoms with Crippen molar-refractivity contribution in [2.75, 3.05) is 10.7 Å². The van der Waals surface area contributed by atoms with E-state index in [1.165, 1.54) is 6.33 Å². The minimum Gasteiger partial charge on any atom is -0.340 e. The molecule has 20 heavy (non-hydrogen) atoms. The summed E-state index contributed by atoms with van der Waals surface area (Å²) in [5.41, 5.74) is 4.52. The smallest absolute Gasteiger partial charge is 0.148 e. The second-order valence-corrected chi connectivity index (χ2v) is 3.95. The monoisotopic (exact) mass is 265 g/mol. The fraction of sp³-hybridized carbons (Fsp3) is 0.0769. The number of hydrogen-bond acceptors (Lipinski definition) is 7. The molecule has 0 saturated heterocycles. The maximum absolute atomic E-state index is 9.00. The molecule has 2 rings (SSSR count). The largest absolute Gasteiger partial charge is 0.340 e. The number of rotatable bonds is 3. The van der Waals surface area contributed by atoms with Gasteiger partial charge < -0.3 is 10.7 Å². The highest BCUT2D eigenvalue weighted by atomic mass is 15.3. The molecule has 98 valence electrons. The molecule has 0 spiro atoms. The van der Waals surface area contributed by atoms with Crippen LogP contribution in [0.5, 0.6) is 0 Å². The van der Waals surface area contributed by atoms with Gasteiger partial charge in [-0.05, 0) is 25.1 Å². The number of anilines is 3. The molecule has 0 bridgehead atoms. The van der Waals surface area contributed by atoms with Gasteiger partial charge in [-0.15, -0.1) is 0 Å². The minimum atomic E-state index is 0.307. The van der Waals surface area contributed by atoms with Gasteiger partial charge in [-0.2, -0.15) is 10.5 Å². The Morgan fingerprint density at radius 3 is 2.45 bits per heavy atom. The maximum Gasteiger partial charge on any atom is 0.148 e. The van der Waals surface area contributed by atoms with Crippen LogP contribution in [0.3, 0.4) is 0 Å². The Morgan fingerprint density at radius 1 is 1.10 bits per heavy atom. The van der Waals surface area contributed by atoms with E-state index in [4.69, 9.17) is 16.4 Å². The number of hydrazine groups is 1. The highest BCUT2D eigenvalue weighted by molar-refractivity contribution is 5.66. The molecule has 0 fully saturated rings. The molecule has 2 aromatic rings. The standard InChI is InChI=1S/C13H11N7/c1-8-12(17-7-18-13(8)20-16)19-11-3-2-9(5-14)10(4-11)6-15/h2-4,7H,16H2,1H3,(H2,17,18,19,20). The zero-order chi connectivity index (χ0) is 14.5. The fourth-order valence-electron chi connectivity index (χ4n) is 1.67. The van der Waals surface area contributed by atoms with Crippen LogP contribution in [0.4, 0.5) is 17.3 Å². The van der Waals surface area contributed by atoms with Crippen molar-refractivity contribution in [1.29, 1.82) is 10.5 Å².